The lowest BCUT2D eigenvalue weighted by atomic mass is 9.96. The first-order valence-electron chi connectivity index (χ1n) is 7.83. The van der Waals surface area contributed by atoms with Crippen molar-refractivity contribution in [2.24, 2.45) is 5.92 Å². The summed E-state index contributed by atoms with van der Waals surface area (Å²) in [6.45, 7) is 4.96. The zero-order valence-electron chi connectivity index (χ0n) is 12.3. The standard InChI is InChI=1S/C17H24N2O/c1-13-5-2-6-14(11-13)16-8-4-10-19(16)17(20)15-7-3-9-18-12-15/h2,5-6,11,15-16,18H,3-4,7-10,12H2,1H3. The van der Waals surface area contributed by atoms with Crippen molar-refractivity contribution in [3.8, 4) is 0 Å². The summed E-state index contributed by atoms with van der Waals surface area (Å²) in [5.41, 5.74) is 2.58. The predicted molar refractivity (Wildman–Crippen MR) is 80.5 cm³/mol. The summed E-state index contributed by atoms with van der Waals surface area (Å²) in [5, 5.41) is 3.36. The highest BCUT2D eigenvalue weighted by Crippen LogP contribution is 2.34. The van der Waals surface area contributed by atoms with Gasteiger partial charge in [0.05, 0.1) is 12.0 Å². The van der Waals surface area contributed by atoms with E-state index in [-0.39, 0.29) is 5.92 Å². The van der Waals surface area contributed by atoms with E-state index >= 15 is 0 Å². The second-order valence-electron chi connectivity index (χ2n) is 6.15. The van der Waals surface area contributed by atoms with Crippen molar-refractivity contribution in [1.29, 1.82) is 0 Å². The summed E-state index contributed by atoms with van der Waals surface area (Å²) in [6.07, 6.45) is 4.40. The summed E-state index contributed by atoms with van der Waals surface area (Å²) in [6, 6.07) is 8.92. The highest BCUT2D eigenvalue weighted by molar-refractivity contribution is 5.80. The maximum Gasteiger partial charge on any atom is 0.227 e. The predicted octanol–water partition coefficient (Wildman–Crippen LogP) is 2.66. The fourth-order valence-corrected chi connectivity index (χ4v) is 3.55. The lowest BCUT2D eigenvalue weighted by Gasteiger charge is -2.31. The van der Waals surface area contributed by atoms with Gasteiger partial charge in [0.25, 0.3) is 0 Å². The maximum absolute atomic E-state index is 12.8. The van der Waals surface area contributed by atoms with Crippen molar-refractivity contribution in [3.63, 3.8) is 0 Å². The minimum atomic E-state index is 0.189. The average Bonchev–Trinajstić information content (AvgIpc) is 2.97. The number of carbonyl (C=O) groups excluding carboxylic acids is 1. The summed E-state index contributed by atoms with van der Waals surface area (Å²) in [4.78, 5) is 14.9. The van der Waals surface area contributed by atoms with Crippen molar-refractivity contribution in [1.82, 2.24) is 10.2 Å². The van der Waals surface area contributed by atoms with Gasteiger partial charge in [-0.25, -0.2) is 0 Å². The van der Waals surface area contributed by atoms with Crippen LogP contribution in [-0.4, -0.2) is 30.4 Å². The van der Waals surface area contributed by atoms with Crippen LogP contribution in [0.25, 0.3) is 0 Å². The number of amides is 1. The number of hydrogen-bond donors (Lipinski definition) is 1. The Hall–Kier alpha value is -1.35. The fraction of sp³-hybridized carbons (Fsp3) is 0.588. The molecule has 108 valence electrons. The van der Waals surface area contributed by atoms with Crippen LogP contribution in [0.5, 0.6) is 0 Å². The van der Waals surface area contributed by atoms with E-state index in [9.17, 15) is 4.79 Å². The Morgan fingerprint density at radius 2 is 2.20 bits per heavy atom. The van der Waals surface area contributed by atoms with Gasteiger partial charge in [-0.15, -0.1) is 0 Å². The lowest BCUT2D eigenvalue weighted by Crippen LogP contribution is -2.42. The Morgan fingerprint density at radius 1 is 1.30 bits per heavy atom. The number of nitrogens with one attached hydrogen (secondary N) is 1. The average molecular weight is 272 g/mol. The van der Waals surface area contributed by atoms with Crippen molar-refractivity contribution < 1.29 is 4.79 Å². The Labute approximate surface area is 121 Å². The molecule has 0 aromatic heterocycles. The van der Waals surface area contributed by atoms with Gasteiger partial charge >= 0.3 is 0 Å². The van der Waals surface area contributed by atoms with E-state index in [1.54, 1.807) is 0 Å². The second kappa shape index (κ2) is 5.96. The zero-order valence-corrected chi connectivity index (χ0v) is 12.3. The largest absolute Gasteiger partial charge is 0.335 e. The Morgan fingerprint density at radius 3 is 2.95 bits per heavy atom. The highest BCUT2D eigenvalue weighted by Gasteiger charge is 2.34. The van der Waals surface area contributed by atoms with E-state index in [1.807, 2.05) is 0 Å². The zero-order chi connectivity index (χ0) is 13.9. The molecule has 2 aliphatic heterocycles. The number of aryl methyl sites for hydroxylation is 1. The van der Waals surface area contributed by atoms with E-state index in [0.717, 1.165) is 45.3 Å². The summed E-state index contributed by atoms with van der Waals surface area (Å²) < 4.78 is 0. The summed E-state index contributed by atoms with van der Waals surface area (Å²) in [7, 11) is 0. The summed E-state index contributed by atoms with van der Waals surface area (Å²) in [5.74, 6) is 0.551. The van der Waals surface area contributed by atoms with Crippen LogP contribution in [0.3, 0.4) is 0 Å². The molecule has 3 nitrogen and oxygen atoms in total. The molecule has 2 fully saturated rings. The van der Waals surface area contributed by atoms with Gasteiger partial charge in [0.2, 0.25) is 5.91 Å². The van der Waals surface area contributed by atoms with Gasteiger partial charge in [-0.3, -0.25) is 4.79 Å². The molecule has 0 spiro atoms. The van der Waals surface area contributed by atoms with Crippen LogP contribution in [0, 0.1) is 12.8 Å². The molecule has 1 amide bonds. The number of likely N-dealkylation sites (tertiary alicyclic amines) is 1. The minimum absolute atomic E-state index is 0.189. The van der Waals surface area contributed by atoms with Gasteiger partial charge in [0.1, 0.15) is 0 Å². The molecule has 3 rings (SSSR count). The van der Waals surface area contributed by atoms with Crippen LogP contribution in [0.2, 0.25) is 0 Å². The van der Waals surface area contributed by atoms with Crippen molar-refractivity contribution >= 4 is 5.91 Å². The van der Waals surface area contributed by atoms with E-state index in [1.165, 1.54) is 11.1 Å². The normalized spacial score (nSPS) is 26.8. The molecular formula is C17H24N2O. The van der Waals surface area contributed by atoms with Crippen LogP contribution in [0.15, 0.2) is 24.3 Å². The third kappa shape index (κ3) is 2.73. The van der Waals surface area contributed by atoms with Crippen LogP contribution in [0.4, 0.5) is 0 Å². The van der Waals surface area contributed by atoms with Gasteiger partial charge < -0.3 is 10.2 Å². The number of hydrogen-bond acceptors (Lipinski definition) is 2. The Balaban J connectivity index is 1.76. The van der Waals surface area contributed by atoms with Gasteiger partial charge in [-0.05, 0) is 44.7 Å². The fourth-order valence-electron chi connectivity index (χ4n) is 3.55. The first-order chi connectivity index (χ1) is 9.75. The van der Waals surface area contributed by atoms with Gasteiger partial charge in [0.15, 0.2) is 0 Å². The smallest absolute Gasteiger partial charge is 0.227 e. The van der Waals surface area contributed by atoms with Crippen LogP contribution < -0.4 is 5.32 Å². The quantitative estimate of drug-likeness (QED) is 0.897. The van der Waals surface area contributed by atoms with Crippen molar-refractivity contribution in [3.05, 3.63) is 35.4 Å². The molecule has 2 saturated heterocycles. The third-order valence-corrected chi connectivity index (χ3v) is 4.61. The molecule has 0 saturated carbocycles. The molecule has 2 aliphatic rings. The second-order valence-corrected chi connectivity index (χ2v) is 6.15. The number of nitrogens with zero attached hydrogens (tertiary/aromatic N) is 1. The topological polar surface area (TPSA) is 32.3 Å². The first-order valence-corrected chi connectivity index (χ1v) is 7.83. The minimum Gasteiger partial charge on any atom is -0.335 e. The van der Waals surface area contributed by atoms with Crippen molar-refractivity contribution in [2.75, 3.05) is 19.6 Å². The number of benzene rings is 1. The molecule has 2 heterocycles. The molecule has 2 atom stereocenters. The molecule has 2 unspecified atom stereocenters. The summed E-state index contributed by atoms with van der Waals surface area (Å²) >= 11 is 0. The maximum atomic E-state index is 12.8. The molecule has 0 radical (unpaired) electrons. The lowest BCUT2D eigenvalue weighted by molar-refractivity contribution is -0.137. The molecule has 20 heavy (non-hydrogen) atoms. The first kappa shape index (κ1) is 13.6. The number of rotatable bonds is 2. The van der Waals surface area contributed by atoms with Gasteiger partial charge in [-0.1, -0.05) is 29.8 Å². The molecular weight excluding hydrogens is 248 g/mol. The van der Waals surface area contributed by atoms with Crippen LogP contribution in [0.1, 0.15) is 42.9 Å². The van der Waals surface area contributed by atoms with Crippen molar-refractivity contribution in [2.45, 2.75) is 38.6 Å². The van der Waals surface area contributed by atoms with E-state index in [0.29, 0.717) is 11.9 Å². The highest BCUT2D eigenvalue weighted by atomic mass is 16.2. The molecule has 1 N–H and O–H groups in total. The molecule has 3 heteroatoms. The molecule has 1 aromatic carbocycles. The van der Waals surface area contributed by atoms with Gasteiger partial charge in [0, 0.05) is 13.1 Å². The molecule has 0 aliphatic carbocycles. The number of carbonyl (C=O) groups is 1. The van der Waals surface area contributed by atoms with E-state index in [4.69, 9.17) is 0 Å². The monoisotopic (exact) mass is 272 g/mol. The van der Waals surface area contributed by atoms with Crippen LogP contribution >= 0.6 is 0 Å². The third-order valence-electron chi connectivity index (χ3n) is 4.61. The van der Waals surface area contributed by atoms with E-state index < -0.39 is 0 Å². The molecule has 1 aromatic rings. The Kier molecular flexibility index (Phi) is 4.06. The Bertz CT molecular complexity index is 480. The SMILES string of the molecule is Cc1cccc(C2CCCN2C(=O)C2CCCNC2)c1. The number of piperidine rings is 1. The van der Waals surface area contributed by atoms with E-state index in [2.05, 4.69) is 41.4 Å². The molecule has 0 bridgehead atoms. The van der Waals surface area contributed by atoms with Gasteiger partial charge in [-0.2, -0.15) is 0 Å². The van der Waals surface area contributed by atoms with Crippen LogP contribution in [-0.2, 0) is 4.79 Å².